The summed E-state index contributed by atoms with van der Waals surface area (Å²) in [6, 6.07) is 12.8. The van der Waals surface area contributed by atoms with E-state index < -0.39 is 27.9 Å². The average molecular weight is 548 g/mol. The van der Waals surface area contributed by atoms with Gasteiger partial charge in [0, 0.05) is 18.7 Å². The van der Waals surface area contributed by atoms with E-state index in [9.17, 15) is 26.7 Å². The highest BCUT2D eigenvalue weighted by Gasteiger charge is 2.38. The maximum atomic E-state index is 13.7. The second-order valence-corrected chi connectivity index (χ2v) is 11.3. The Balaban J connectivity index is 1.41. The predicted molar refractivity (Wildman–Crippen MR) is 137 cm³/mol. The number of hydrogen-bond acceptors (Lipinski definition) is 7. The van der Waals surface area contributed by atoms with E-state index in [-0.39, 0.29) is 28.1 Å². The Labute approximate surface area is 219 Å². The quantitative estimate of drug-likeness (QED) is 0.483. The van der Waals surface area contributed by atoms with E-state index in [4.69, 9.17) is 0 Å². The van der Waals surface area contributed by atoms with Crippen LogP contribution in [0.25, 0.3) is 11.3 Å². The minimum atomic E-state index is -4.68. The van der Waals surface area contributed by atoms with Crippen molar-refractivity contribution >= 4 is 21.7 Å². The highest BCUT2D eigenvalue weighted by Crippen LogP contribution is 2.38. The molecule has 2 N–H and O–H groups in total. The van der Waals surface area contributed by atoms with Crippen LogP contribution in [0.2, 0.25) is 0 Å². The van der Waals surface area contributed by atoms with Crippen LogP contribution in [-0.2, 0) is 16.2 Å². The van der Waals surface area contributed by atoms with Gasteiger partial charge in [0.25, 0.3) is 10.0 Å². The van der Waals surface area contributed by atoms with Gasteiger partial charge in [-0.2, -0.15) is 21.6 Å². The van der Waals surface area contributed by atoms with Gasteiger partial charge in [-0.25, -0.2) is 9.97 Å². The molecule has 4 heterocycles. The van der Waals surface area contributed by atoms with Crippen molar-refractivity contribution in [3.63, 3.8) is 0 Å². The van der Waals surface area contributed by atoms with E-state index in [2.05, 4.69) is 19.6 Å². The number of nitrogens with one attached hydrogen (secondary N) is 1. The van der Waals surface area contributed by atoms with Gasteiger partial charge in [0.1, 0.15) is 11.6 Å². The first-order chi connectivity index (χ1) is 18.0. The Bertz CT molecular complexity index is 1430. The zero-order chi connectivity index (χ0) is 27.1. The topological polar surface area (TPSA) is 98.7 Å². The number of halogens is 3. The number of aromatic nitrogens is 2. The molecule has 2 fully saturated rings. The van der Waals surface area contributed by atoms with E-state index >= 15 is 0 Å². The molecular formula is C26H28F3N5O3S. The van der Waals surface area contributed by atoms with Gasteiger partial charge in [-0.3, -0.25) is 9.62 Å². The van der Waals surface area contributed by atoms with Crippen LogP contribution < -0.4 is 9.62 Å². The Morgan fingerprint density at radius 1 is 0.974 bits per heavy atom. The Kier molecular flexibility index (Phi) is 7.05. The SMILES string of the molecule is Cc1ccccc1-c1nc(NS(=O)(=O)c2cccc(N3C[C@H](O)[C@@H](N4CCCC4)C3)n2)ccc1C(F)(F)F. The smallest absolute Gasteiger partial charge is 0.390 e. The normalized spacial score (nSPS) is 20.7. The molecule has 2 aliphatic rings. The number of pyridine rings is 2. The number of β-amino-alcohol motifs (C(OH)–C–C–N with tert-alkyl or cyclic N) is 1. The van der Waals surface area contributed by atoms with Gasteiger partial charge in [-0.1, -0.05) is 30.3 Å². The first-order valence-corrected chi connectivity index (χ1v) is 13.8. The molecule has 2 atom stereocenters. The molecule has 0 bridgehead atoms. The lowest BCUT2D eigenvalue weighted by molar-refractivity contribution is -0.137. The van der Waals surface area contributed by atoms with Crippen molar-refractivity contribution in [1.82, 2.24) is 14.9 Å². The number of hydrogen-bond donors (Lipinski definition) is 2. The molecule has 1 aromatic carbocycles. The summed E-state index contributed by atoms with van der Waals surface area (Å²) < 4.78 is 69.9. The third-order valence-corrected chi connectivity index (χ3v) is 8.27. The van der Waals surface area contributed by atoms with Crippen LogP contribution >= 0.6 is 0 Å². The van der Waals surface area contributed by atoms with Crippen molar-refractivity contribution in [2.24, 2.45) is 0 Å². The van der Waals surface area contributed by atoms with E-state index in [1.807, 2.05) is 4.90 Å². The Morgan fingerprint density at radius 3 is 2.42 bits per heavy atom. The van der Waals surface area contributed by atoms with Gasteiger partial charge >= 0.3 is 6.18 Å². The van der Waals surface area contributed by atoms with E-state index in [0.717, 1.165) is 38.1 Å². The second kappa shape index (κ2) is 10.2. The van der Waals surface area contributed by atoms with Crippen LogP contribution in [-0.4, -0.2) is 66.7 Å². The molecule has 2 aliphatic heterocycles. The number of anilines is 2. The molecule has 0 amide bonds. The second-order valence-electron chi connectivity index (χ2n) is 9.63. The summed E-state index contributed by atoms with van der Waals surface area (Å²) in [6.45, 7) is 4.35. The van der Waals surface area contributed by atoms with Crippen LogP contribution in [0, 0.1) is 6.92 Å². The Hall–Kier alpha value is -3.22. The van der Waals surface area contributed by atoms with E-state index in [1.165, 1.54) is 12.1 Å². The number of alkyl halides is 3. The number of likely N-dealkylation sites (tertiary alicyclic amines) is 1. The number of sulfonamides is 1. The lowest BCUT2D eigenvalue weighted by atomic mass is 10.0. The third-order valence-electron chi connectivity index (χ3n) is 7.02. The summed E-state index contributed by atoms with van der Waals surface area (Å²) in [5, 5.41) is 10.3. The average Bonchev–Trinajstić information content (AvgIpc) is 3.53. The fraction of sp³-hybridized carbons (Fsp3) is 0.385. The lowest BCUT2D eigenvalue weighted by Crippen LogP contribution is -2.41. The van der Waals surface area contributed by atoms with E-state index in [0.29, 0.717) is 24.5 Å². The summed E-state index contributed by atoms with van der Waals surface area (Å²) in [7, 11) is -4.27. The lowest BCUT2D eigenvalue weighted by Gasteiger charge is -2.25. The summed E-state index contributed by atoms with van der Waals surface area (Å²) in [5.74, 6) is 0.142. The maximum Gasteiger partial charge on any atom is 0.418 e. The van der Waals surface area contributed by atoms with Crippen LogP contribution in [0.15, 0.2) is 59.6 Å². The maximum absolute atomic E-state index is 13.7. The molecule has 3 aromatic rings. The highest BCUT2D eigenvalue weighted by atomic mass is 32.2. The van der Waals surface area contributed by atoms with Crippen molar-refractivity contribution in [2.45, 2.75) is 43.1 Å². The number of nitrogens with zero attached hydrogens (tertiary/aromatic N) is 4. The molecule has 202 valence electrons. The molecule has 38 heavy (non-hydrogen) atoms. The molecule has 2 saturated heterocycles. The van der Waals surface area contributed by atoms with Gasteiger partial charge in [-0.05, 0) is 62.7 Å². The largest absolute Gasteiger partial charge is 0.418 e. The molecule has 8 nitrogen and oxygen atoms in total. The third kappa shape index (κ3) is 5.33. The highest BCUT2D eigenvalue weighted by molar-refractivity contribution is 7.92. The minimum Gasteiger partial charge on any atom is -0.390 e. The predicted octanol–water partition coefficient (Wildman–Crippen LogP) is 3.92. The number of aryl methyl sites for hydroxylation is 1. The van der Waals surface area contributed by atoms with Crippen molar-refractivity contribution in [3.8, 4) is 11.3 Å². The van der Waals surface area contributed by atoms with E-state index in [1.54, 1.807) is 37.3 Å². The van der Waals surface area contributed by atoms with Crippen LogP contribution in [0.4, 0.5) is 24.8 Å². The molecular weight excluding hydrogens is 519 g/mol. The molecule has 0 saturated carbocycles. The Morgan fingerprint density at radius 2 is 1.71 bits per heavy atom. The first kappa shape index (κ1) is 26.4. The molecule has 2 aromatic heterocycles. The molecule has 0 unspecified atom stereocenters. The summed E-state index contributed by atoms with van der Waals surface area (Å²) in [5.41, 5.74) is -0.507. The molecule has 0 spiro atoms. The summed E-state index contributed by atoms with van der Waals surface area (Å²) >= 11 is 0. The van der Waals surface area contributed by atoms with Gasteiger partial charge < -0.3 is 10.0 Å². The van der Waals surface area contributed by atoms with Gasteiger partial charge in [-0.15, -0.1) is 0 Å². The molecule has 0 aliphatic carbocycles. The first-order valence-electron chi connectivity index (χ1n) is 12.3. The molecule has 0 radical (unpaired) electrons. The minimum absolute atomic E-state index is 0.0473. The summed E-state index contributed by atoms with van der Waals surface area (Å²) in [4.78, 5) is 12.5. The monoisotopic (exact) mass is 547 g/mol. The van der Waals surface area contributed by atoms with Crippen LogP contribution in [0.3, 0.4) is 0 Å². The van der Waals surface area contributed by atoms with Crippen LogP contribution in [0.5, 0.6) is 0 Å². The van der Waals surface area contributed by atoms with Crippen LogP contribution in [0.1, 0.15) is 24.0 Å². The van der Waals surface area contributed by atoms with Crippen molar-refractivity contribution in [3.05, 3.63) is 65.7 Å². The fourth-order valence-corrected chi connectivity index (χ4v) is 6.06. The number of rotatable bonds is 6. The van der Waals surface area contributed by atoms with Gasteiger partial charge in [0.05, 0.1) is 23.4 Å². The number of aliphatic hydroxyl groups is 1. The number of aliphatic hydroxyl groups excluding tert-OH is 1. The summed E-state index contributed by atoms with van der Waals surface area (Å²) in [6.07, 6.45) is -3.08. The molecule has 12 heteroatoms. The van der Waals surface area contributed by atoms with Crippen molar-refractivity contribution in [2.75, 3.05) is 35.8 Å². The fourth-order valence-electron chi connectivity index (χ4n) is 5.10. The number of benzene rings is 1. The molecule has 5 rings (SSSR count). The van der Waals surface area contributed by atoms with Gasteiger partial charge in [0.15, 0.2) is 5.03 Å². The standard InChI is InChI=1S/C26H28F3N5O3S/c1-17-7-2-3-8-18(17)25-19(26(27,28)29)11-12-22(30-25)32-38(36,37)24-10-6-9-23(31-24)34-15-20(21(35)16-34)33-13-4-5-14-33/h2-3,6-12,20-21,35H,4-5,13-16H2,1H3,(H,30,32)/t20-,21-/m0/s1. The zero-order valence-corrected chi connectivity index (χ0v) is 21.5. The zero-order valence-electron chi connectivity index (χ0n) is 20.7. The van der Waals surface area contributed by atoms with Gasteiger partial charge in [0.2, 0.25) is 0 Å². The van der Waals surface area contributed by atoms with Crippen molar-refractivity contribution < 1.29 is 26.7 Å². The van der Waals surface area contributed by atoms with Crippen molar-refractivity contribution in [1.29, 1.82) is 0 Å².